The molecule has 7 nitrogen and oxygen atoms in total. The van der Waals surface area contributed by atoms with Crippen molar-refractivity contribution < 1.29 is 29.3 Å². The largest absolute Gasteiger partial charge is 0.481 e. The van der Waals surface area contributed by atoms with Crippen LogP contribution >= 0.6 is 0 Å². The molecule has 0 aliphatic heterocycles. The summed E-state index contributed by atoms with van der Waals surface area (Å²) in [4.78, 5) is 35.9. The Hall–Kier alpha value is -3.35. The van der Waals surface area contributed by atoms with E-state index in [4.69, 9.17) is 4.74 Å². The number of ether oxygens (including phenoxy) is 1. The van der Waals surface area contributed by atoms with E-state index in [1.807, 2.05) is 48.5 Å². The van der Waals surface area contributed by atoms with Crippen molar-refractivity contribution in [2.75, 3.05) is 6.61 Å². The lowest BCUT2D eigenvalue weighted by molar-refractivity contribution is -0.146. The number of fused-ring (bicyclic) bond motifs is 4. The number of rotatable bonds is 5. The number of carbonyl (C=O) groups is 3. The molecule has 3 aliphatic rings. The van der Waals surface area contributed by atoms with Crippen molar-refractivity contribution in [1.29, 1.82) is 0 Å². The highest BCUT2D eigenvalue weighted by atomic mass is 16.5. The Bertz CT molecular complexity index is 1020. The average Bonchev–Trinajstić information content (AvgIpc) is 3.24. The number of hydrogen-bond donors (Lipinski definition) is 3. The van der Waals surface area contributed by atoms with Gasteiger partial charge in [-0.1, -0.05) is 48.5 Å². The van der Waals surface area contributed by atoms with Crippen LogP contribution < -0.4 is 5.32 Å². The maximum atomic E-state index is 12.6. The van der Waals surface area contributed by atoms with Crippen LogP contribution in [0.3, 0.4) is 0 Å². The third kappa shape index (κ3) is 2.61. The molecule has 3 aliphatic carbocycles. The first kappa shape index (κ1) is 18.7. The van der Waals surface area contributed by atoms with Crippen molar-refractivity contribution >= 4 is 18.0 Å². The molecule has 0 radical (unpaired) electrons. The van der Waals surface area contributed by atoms with Crippen molar-refractivity contribution in [2.45, 2.75) is 24.3 Å². The van der Waals surface area contributed by atoms with Gasteiger partial charge in [0, 0.05) is 11.8 Å². The topological polar surface area (TPSA) is 113 Å². The Balaban J connectivity index is 1.32. The summed E-state index contributed by atoms with van der Waals surface area (Å²) in [6, 6.07) is 15.9. The first-order valence-electron chi connectivity index (χ1n) is 10.0. The van der Waals surface area contributed by atoms with Gasteiger partial charge in [0.05, 0.1) is 5.92 Å². The van der Waals surface area contributed by atoms with Gasteiger partial charge in [0.15, 0.2) is 0 Å². The van der Waals surface area contributed by atoms with Crippen LogP contribution in [0.15, 0.2) is 48.5 Å². The van der Waals surface area contributed by atoms with Crippen molar-refractivity contribution in [3.05, 3.63) is 59.7 Å². The van der Waals surface area contributed by atoms with E-state index in [2.05, 4.69) is 5.32 Å². The lowest BCUT2D eigenvalue weighted by atomic mass is 9.90. The molecule has 2 aromatic carbocycles. The van der Waals surface area contributed by atoms with Gasteiger partial charge in [-0.05, 0) is 41.0 Å². The minimum atomic E-state index is -1.57. The molecule has 2 saturated carbocycles. The molecule has 0 spiro atoms. The number of carboxylic acids is 2. The zero-order valence-electron chi connectivity index (χ0n) is 16.1. The van der Waals surface area contributed by atoms with Crippen LogP contribution in [0, 0.1) is 17.8 Å². The smallest absolute Gasteiger partial charge is 0.408 e. The molecule has 0 unspecified atom stereocenters. The Kier molecular flexibility index (Phi) is 4.10. The summed E-state index contributed by atoms with van der Waals surface area (Å²) >= 11 is 0. The summed E-state index contributed by atoms with van der Waals surface area (Å²) < 4.78 is 5.48. The molecule has 4 atom stereocenters. The third-order valence-corrected chi connectivity index (χ3v) is 6.95. The second kappa shape index (κ2) is 6.58. The minimum absolute atomic E-state index is 0.0754. The summed E-state index contributed by atoms with van der Waals surface area (Å²) in [6.45, 7) is 0.0754. The molecular weight excluding hydrogens is 386 g/mol. The standard InChI is InChI=1S/C23H21NO6/c25-20(26)18-16-9-10-23(19(16)18,21(27)28)24-22(29)30-11-17-14-7-3-1-5-12(14)13-6-2-4-8-15(13)17/h1-8,16-19H,9-11H2,(H,24,29)(H,25,26)(H,27,28)/t16-,18-,19-,23-/m0/s1. The van der Waals surface area contributed by atoms with Crippen molar-refractivity contribution in [3.63, 3.8) is 0 Å². The molecule has 7 heteroatoms. The number of benzene rings is 2. The summed E-state index contributed by atoms with van der Waals surface area (Å²) in [5, 5.41) is 21.6. The van der Waals surface area contributed by atoms with Gasteiger partial charge in [-0.25, -0.2) is 9.59 Å². The number of nitrogens with one attached hydrogen (secondary N) is 1. The molecule has 0 bridgehead atoms. The van der Waals surface area contributed by atoms with Gasteiger partial charge >= 0.3 is 18.0 Å². The van der Waals surface area contributed by atoms with E-state index >= 15 is 0 Å². The van der Waals surface area contributed by atoms with Crippen molar-refractivity contribution in [1.82, 2.24) is 5.32 Å². The van der Waals surface area contributed by atoms with Crippen LogP contribution in [0.4, 0.5) is 4.79 Å². The van der Waals surface area contributed by atoms with Gasteiger partial charge in [0.1, 0.15) is 12.1 Å². The van der Waals surface area contributed by atoms with Gasteiger partial charge in [-0.15, -0.1) is 0 Å². The highest BCUT2D eigenvalue weighted by Gasteiger charge is 2.72. The quantitative estimate of drug-likeness (QED) is 0.702. The van der Waals surface area contributed by atoms with E-state index in [0.29, 0.717) is 6.42 Å². The zero-order chi connectivity index (χ0) is 21.0. The Morgan fingerprint density at radius 2 is 1.60 bits per heavy atom. The first-order valence-corrected chi connectivity index (χ1v) is 10.0. The maximum Gasteiger partial charge on any atom is 0.408 e. The minimum Gasteiger partial charge on any atom is -0.481 e. The van der Waals surface area contributed by atoms with Gasteiger partial charge < -0.3 is 20.3 Å². The van der Waals surface area contributed by atoms with Crippen molar-refractivity contribution in [2.24, 2.45) is 17.8 Å². The lowest BCUT2D eigenvalue weighted by Gasteiger charge is -2.28. The number of carboxylic acid groups (broad SMARTS) is 2. The molecule has 1 amide bonds. The molecule has 2 aromatic rings. The molecular formula is C23H21NO6. The molecule has 2 fully saturated rings. The molecule has 3 N–H and O–H groups in total. The summed E-state index contributed by atoms with van der Waals surface area (Å²) in [7, 11) is 0. The van der Waals surface area contributed by atoms with Gasteiger partial charge in [0.25, 0.3) is 0 Å². The fourth-order valence-electron chi connectivity index (χ4n) is 5.57. The highest BCUT2D eigenvalue weighted by Crippen LogP contribution is 2.62. The van der Waals surface area contributed by atoms with Crippen molar-refractivity contribution in [3.8, 4) is 11.1 Å². The van der Waals surface area contributed by atoms with E-state index in [1.54, 1.807) is 0 Å². The summed E-state index contributed by atoms with van der Waals surface area (Å²) in [6.07, 6.45) is -0.139. The van der Waals surface area contributed by atoms with E-state index in [-0.39, 0.29) is 24.9 Å². The molecule has 0 aromatic heterocycles. The fourth-order valence-corrected chi connectivity index (χ4v) is 5.57. The Labute approximate surface area is 172 Å². The Morgan fingerprint density at radius 1 is 1.00 bits per heavy atom. The van der Waals surface area contributed by atoms with Gasteiger partial charge in [-0.3, -0.25) is 4.79 Å². The van der Waals surface area contributed by atoms with E-state index in [1.165, 1.54) is 0 Å². The predicted molar refractivity (Wildman–Crippen MR) is 106 cm³/mol. The van der Waals surface area contributed by atoms with Gasteiger partial charge in [0.2, 0.25) is 0 Å². The van der Waals surface area contributed by atoms with E-state index in [0.717, 1.165) is 22.3 Å². The van der Waals surface area contributed by atoms with Crippen LogP contribution in [0.1, 0.15) is 29.9 Å². The molecule has 0 heterocycles. The Morgan fingerprint density at radius 3 is 2.13 bits per heavy atom. The van der Waals surface area contributed by atoms with E-state index < -0.39 is 35.4 Å². The normalized spacial score (nSPS) is 28.2. The third-order valence-electron chi connectivity index (χ3n) is 6.95. The number of amides is 1. The molecule has 0 saturated heterocycles. The van der Waals surface area contributed by atoms with Gasteiger partial charge in [-0.2, -0.15) is 0 Å². The molecule has 30 heavy (non-hydrogen) atoms. The van der Waals surface area contributed by atoms with Crippen LogP contribution in [0.2, 0.25) is 0 Å². The second-order valence-corrected chi connectivity index (χ2v) is 8.32. The number of carbonyl (C=O) groups excluding carboxylic acids is 1. The average molecular weight is 407 g/mol. The number of aliphatic carboxylic acids is 2. The predicted octanol–water partition coefficient (Wildman–Crippen LogP) is 3.09. The first-order chi connectivity index (χ1) is 14.4. The zero-order valence-corrected chi connectivity index (χ0v) is 16.1. The summed E-state index contributed by atoms with van der Waals surface area (Å²) in [5.41, 5.74) is 2.76. The SMILES string of the molecule is O=C(N[C@@]1(C(=O)O)CC[C@H]2[C@H](C(=O)O)[C@H]21)OCC1c2ccccc2-c2ccccc21. The highest BCUT2D eigenvalue weighted by molar-refractivity contribution is 5.89. The maximum absolute atomic E-state index is 12.6. The van der Waals surface area contributed by atoms with Crippen LogP contribution in [0.5, 0.6) is 0 Å². The van der Waals surface area contributed by atoms with Crippen LogP contribution in [-0.2, 0) is 14.3 Å². The molecule has 154 valence electrons. The number of hydrogen-bond acceptors (Lipinski definition) is 4. The van der Waals surface area contributed by atoms with Crippen LogP contribution in [0.25, 0.3) is 11.1 Å². The monoisotopic (exact) mass is 407 g/mol. The van der Waals surface area contributed by atoms with E-state index in [9.17, 15) is 24.6 Å². The second-order valence-electron chi connectivity index (χ2n) is 8.32. The lowest BCUT2D eigenvalue weighted by Crippen LogP contribution is -2.56. The fraction of sp³-hybridized carbons (Fsp3) is 0.348. The number of alkyl carbamates (subject to hydrolysis) is 1. The van der Waals surface area contributed by atoms with Crippen LogP contribution in [-0.4, -0.2) is 40.4 Å². The summed E-state index contributed by atoms with van der Waals surface area (Å²) in [5.74, 6) is -3.85. The molecule has 5 rings (SSSR count).